The van der Waals surface area contributed by atoms with E-state index < -0.39 is 5.54 Å². The first-order chi connectivity index (χ1) is 14.6. The highest BCUT2D eigenvalue weighted by atomic mass is 19.1. The molecule has 6 nitrogen and oxygen atoms in total. The van der Waals surface area contributed by atoms with Crippen molar-refractivity contribution < 1.29 is 23.5 Å². The number of nitrogens with zero attached hydrogens (tertiary/aromatic N) is 1. The second-order valence-electron chi connectivity index (χ2n) is 8.15. The number of hydrogen-bond acceptors (Lipinski definition) is 4. The van der Waals surface area contributed by atoms with Crippen molar-refractivity contribution in [3.05, 3.63) is 53.8 Å². The fraction of sp³-hybridized carbons (Fsp3) is 0.391. The summed E-state index contributed by atoms with van der Waals surface area (Å²) in [5.41, 5.74) is 0.570. The van der Waals surface area contributed by atoms with E-state index in [2.05, 4.69) is 5.32 Å². The molecule has 1 saturated heterocycles. The molecule has 1 atom stereocenters. The van der Waals surface area contributed by atoms with Gasteiger partial charge in [-0.1, -0.05) is 31.4 Å². The van der Waals surface area contributed by atoms with Crippen LogP contribution in [0.15, 0.2) is 42.5 Å². The molecule has 2 aromatic rings. The van der Waals surface area contributed by atoms with Crippen LogP contribution in [0.2, 0.25) is 0 Å². The Balaban J connectivity index is 1.44. The van der Waals surface area contributed by atoms with Crippen LogP contribution in [0.1, 0.15) is 50.1 Å². The number of fused-ring (bicyclic) bond motifs is 1. The van der Waals surface area contributed by atoms with Gasteiger partial charge in [0.05, 0.1) is 12.5 Å². The lowest BCUT2D eigenvalue weighted by atomic mass is 9.75. The first-order valence-electron chi connectivity index (χ1n) is 10.4. The summed E-state index contributed by atoms with van der Waals surface area (Å²) in [5.74, 6) is 0.710. The summed E-state index contributed by atoms with van der Waals surface area (Å²) >= 11 is 0. The zero-order valence-electron chi connectivity index (χ0n) is 16.5. The van der Waals surface area contributed by atoms with Crippen molar-refractivity contribution in [1.29, 1.82) is 0 Å². The first kappa shape index (κ1) is 18.9. The predicted molar refractivity (Wildman–Crippen MR) is 108 cm³/mol. The van der Waals surface area contributed by atoms with Crippen LogP contribution >= 0.6 is 0 Å². The number of carbonyl (C=O) groups is 2. The number of hydrogen-bond donors (Lipinski definition) is 1. The molecular formula is C23H23FN2O4. The standard InChI is InChI=1S/C23H23FN2O4/c24-16-6-4-15(5-7-16)18-13-21(27)26(18)23(10-2-1-3-11-23)22(28)25-17-8-9-19-20(12-17)30-14-29-19/h4-9,12,18H,1-3,10-11,13-14H2,(H,25,28). The quantitative estimate of drug-likeness (QED) is 0.769. The molecule has 7 heteroatoms. The molecule has 1 aliphatic carbocycles. The number of rotatable bonds is 4. The highest BCUT2D eigenvalue weighted by Gasteiger charge is 2.54. The maximum absolute atomic E-state index is 13.6. The molecule has 5 rings (SSSR count). The Morgan fingerprint density at radius 3 is 2.50 bits per heavy atom. The average molecular weight is 410 g/mol. The van der Waals surface area contributed by atoms with Crippen molar-refractivity contribution in [2.75, 3.05) is 12.1 Å². The summed E-state index contributed by atoms with van der Waals surface area (Å²) < 4.78 is 24.1. The SMILES string of the molecule is O=C1CC(c2ccc(F)cc2)N1C1(C(=O)Nc2ccc3c(c2)OCO3)CCCCC1. The summed E-state index contributed by atoms with van der Waals surface area (Å²) in [6.45, 7) is 0.165. The van der Waals surface area contributed by atoms with Gasteiger partial charge in [-0.15, -0.1) is 0 Å². The number of anilines is 1. The largest absolute Gasteiger partial charge is 0.454 e. The van der Waals surface area contributed by atoms with Gasteiger partial charge in [-0.05, 0) is 42.7 Å². The van der Waals surface area contributed by atoms with Crippen molar-refractivity contribution >= 4 is 17.5 Å². The van der Waals surface area contributed by atoms with Crippen LogP contribution in [-0.2, 0) is 9.59 Å². The van der Waals surface area contributed by atoms with Gasteiger partial charge in [0.2, 0.25) is 18.6 Å². The van der Waals surface area contributed by atoms with Gasteiger partial charge in [0.1, 0.15) is 11.4 Å². The summed E-state index contributed by atoms with van der Waals surface area (Å²) in [5, 5.41) is 3.00. The van der Waals surface area contributed by atoms with E-state index in [0.29, 0.717) is 36.4 Å². The zero-order valence-corrected chi connectivity index (χ0v) is 16.5. The van der Waals surface area contributed by atoms with Gasteiger partial charge in [0.15, 0.2) is 11.5 Å². The Bertz CT molecular complexity index is 985. The summed E-state index contributed by atoms with van der Waals surface area (Å²) in [6.07, 6.45) is 4.38. The molecular weight excluding hydrogens is 387 g/mol. The van der Waals surface area contributed by atoms with E-state index in [4.69, 9.17) is 9.47 Å². The number of benzene rings is 2. The van der Waals surface area contributed by atoms with Crippen LogP contribution in [0.3, 0.4) is 0 Å². The van der Waals surface area contributed by atoms with Crippen molar-refractivity contribution in [1.82, 2.24) is 4.90 Å². The molecule has 30 heavy (non-hydrogen) atoms. The van der Waals surface area contributed by atoms with Gasteiger partial charge < -0.3 is 19.7 Å². The average Bonchev–Trinajstić information content (AvgIpc) is 3.21. The number of likely N-dealkylation sites (tertiary alicyclic amines) is 1. The van der Waals surface area contributed by atoms with Gasteiger partial charge >= 0.3 is 0 Å². The number of amides is 2. The van der Waals surface area contributed by atoms with Crippen molar-refractivity contribution in [3.63, 3.8) is 0 Å². The minimum Gasteiger partial charge on any atom is -0.454 e. The third-order valence-electron chi connectivity index (χ3n) is 6.40. The molecule has 0 aromatic heterocycles. The van der Waals surface area contributed by atoms with Gasteiger partial charge in [0.25, 0.3) is 0 Å². The fourth-order valence-electron chi connectivity index (χ4n) is 4.84. The molecule has 0 spiro atoms. The van der Waals surface area contributed by atoms with Crippen LogP contribution in [0.4, 0.5) is 10.1 Å². The van der Waals surface area contributed by atoms with E-state index in [9.17, 15) is 14.0 Å². The Morgan fingerprint density at radius 1 is 1.03 bits per heavy atom. The molecule has 2 fully saturated rings. The van der Waals surface area contributed by atoms with E-state index in [1.54, 1.807) is 35.2 Å². The van der Waals surface area contributed by atoms with E-state index in [-0.39, 0.29) is 30.5 Å². The monoisotopic (exact) mass is 410 g/mol. The van der Waals surface area contributed by atoms with E-state index in [1.807, 2.05) is 0 Å². The Morgan fingerprint density at radius 2 is 1.77 bits per heavy atom. The van der Waals surface area contributed by atoms with Crippen LogP contribution in [-0.4, -0.2) is 29.0 Å². The minimum atomic E-state index is -0.900. The lowest BCUT2D eigenvalue weighted by molar-refractivity contribution is -0.166. The Hall–Kier alpha value is -3.09. The molecule has 2 aliphatic heterocycles. The summed E-state index contributed by atoms with van der Waals surface area (Å²) in [6, 6.07) is 11.3. The van der Waals surface area contributed by atoms with Gasteiger partial charge in [0, 0.05) is 11.8 Å². The number of β-lactam (4-membered cyclic amide) rings is 1. The molecule has 1 N–H and O–H groups in total. The van der Waals surface area contributed by atoms with Crippen LogP contribution in [0.25, 0.3) is 0 Å². The first-order valence-corrected chi connectivity index (χ1v) is 10.4. The number of nitrogens with one attached hydrogen (secondary N) is 1. The Labute approximate surface area is 174 Å². The van der Waals surface area contributed by atoms with Crippen molar-refractivity contribution in [2.45, 2.75) is 50.1 Å². The lowest BCUT2D eigenvalue weighted by Gasteiger charge is -2.54. The number of carbonyl (C=O) groups excluding carboxylic acids is 2. The summed E-state index contributed by atoms with van der Waals surface area (Å²) in [4.78, 5) is 28.0. The molecule has 156 valence electrons. The van der Waals surface area contributed by atoms with E-state index >= 15 is 0 Å². The molecule has 2 aromatic carbocycles. The van der Waals surface area contributed by atoms with Gasteiger partial charge in [-0.2, -0.15) is 0 Å². The van der Waals surface area contributed by atoms with E-state index in [1.165, 1.54) is 12.1 Å². The predicted octanol–water partition coefficient (Wildman–Crippen LogP) is 4.17. The highest BCUT2D eigenvalue weighted by molar-refractivity contribution is 6.02. The molecule has 1 saturated carbocycles. The van der Waals surface area contributed by atoms with Crippen LogP contribution < -0.4 is 14.8 Å². The third kappa shape index (κ3) is 3.09. The second-order valence-corrected chi connectivity index (χ2v) is 8.15. The molecule has 2 amide bonds. The maximum Gasteiger partial charge on any atom is 0.250 e. The topological polar surface area (TPSA) is 67.9 Å². The van der Waals surface area contributed by atoms with Gasteiger partial charge in [-0.3, -0.25) is 9.59 Å². The van der Waals surface area contributed by atoms with Crippen molar-refractivity contribution in [3.8, 4) is 11.5 Å². The molecule has 3 aliphatic rings. The molecule has 1 unspecified atom stereocenters. The molecule has 2 heterocycles. The molecule has 0 bridgehead atoms. The maximum atomic E-state index is 13.6. The fourth-order valence-corrected chi connectivity index (χ4v) is 4.84. The second kappa shape index (κ2) is 7.31. The third-order valence-corrected chi connectivity index (χ3v) is 6.40. The van der Waals surface area contributed by atoms with Gasteiger partial charge in [-0.25, -0.2) is 4.39 Å². The minimum absolute atomic E-state index is 0.0351. The Kier molecular flexibility index (Phi) is 4.60. The number of halogens is 1. The smallest absolute Gasteiger partial charge is 0.250 e. The van der Waals surface area contributed by atoms with Crippen LogP contribution in [0.5, 0.6) is 11.5 Å². The lowest BCUT2D eigenvalue weighted by Crippen LogP contribution is -2.65. The van der Waals surface area contributed by atoms with Crippen LogP contribution in [0, 0.1) is 5.82 Å². The zero-order chi connectivity index (χ0) is 20.7. The van der Waals surface area contributed by atoms with E-state index in [0.717, 1.165) is 24.8 Å². The van der Waals surface area contributed by atoms with Crippen molar-refractivity contribution in [2.24, 2.45) is 0 Å². The number of ether oxygens (including phenoxy) is 2. The summed E-state index contributed by atoms with van der Waals surface area (Å²) in [7, 11) is 0. The normalized spacial score (nSPS) is 21.8. The molecule has 0 radical (unpaired) electrons. The highest BCUT2D eigenvalue weighted by Crippen LogP contribution is 2.47.